The van der Waals surface area contributed by atoms with Gasteiger partial charge in [0.1, 0.15) is 0 Å². The van der Waals surface area contributed by atoms with Crippen molar-refractivity contribution in [1.29, 1.82) is 0 Å². The van der Waals surface area contributed by atoms with Crippen LogP contribution in [0.2, 0.25) is 0 Å². The van der Waals surface area contributed by atoms with Gasteiger partial charge in [0.15, 0.2) is 0 Å². The third-order valence-corrected chi connectivity index (χ3v) is 4.09. The van der Waals surface area contributed by atoms with E-state index in [-0.39, 0.29) is 0 Å². The van der Waals surface area contributed by atoms with Crippen LogP contribution >= 0.6 is 11.8 Å². The molecule has 0 saturated heterocycles. The lowest BCUT2D eigenvalue weighted by atomic mass is 10.1. The highest BCUT2D eigenvalue weighted by Crippen LogP contribution is 2.30. The Hall–Kier alpha value is -2.19. The molecule has 0 bridgehead atoms. The highest BCUT2D eigenvalue weighted by atomic mass is 32.2. The van der Waals surface area contributed by atoms with E-state index in [1.807, 2.05) is 30.3 Å². The zero-order chi connectivity index (χ0) is 13.8. The summed E-state index contributed by atoms with van der Waals surface area (Å²) in [5.41, 5.74) is 8.98. The largest absolute Gasteiger partial charge is 0.399 e. The van der Waals surface area contributed by atoms with E-state index in [2.05, 4.69) is 48.5 Å². The van der Waals surface area contributed by atoms with Crippen LogP contribution in [0.4, 0.5) is 5.69 Å². The molecule has 1 nitrogen and oxygen atoms in total. The summed E-state index contributed by atoms with van der Waals surface area (Å²) in [5, 5.41) is 0. The molecule has 0 spiro atoms. The van der Waals surface area contributed by atoms with Crippen molar-refractivity contribution < 1.29 is 0 Å². The van der Waals surface area contributed by atoms with E-state index in [4.69, 9.17) is 5.73 Å². The molecule has 2 heteroatoms. The lowest BCUT2D eigenvalue weighted by molar-refractivity contribution is 1.41. The molecular formula is C18H15NS. The first-order chi connectivity index (χ1) is 9.81. The van der Waals surface area contributed by atoms with Crippen LogP contribution in [-0.2, 0) is 0 Å². The Labute approximate surface area is 123 Å². The van der Waals surface area contributed by atoms with Crippen LogP contribution in [0.25, 0.3) is 11.1 Å². The quantitative estimate of drug-likeness (QED) is 0.675. The molecule has 2 N–H and O–H groups in total. The smallest absolute Gasteiger partial charge is 0.0314 e. The van der Waals surface area contributed by atoms with Crippen molar-refractivity contribution >= 4 is 17.4 Å². The summed E-state index contributed by atoms with van der Waals surface area (Å²) in [6.45, 7) is 0. The molecule has 0 amide bonds. The van der Waals surface area contributed by atoms with E-state index < -0.39 is 0 Å². The van der Waals surface area contributed by atoms with Crippen LogP contribution in [-0.4, -0.2) is 0 Å². The van der Waals surface area contributed by atoms with Gasteiger partial charge in [0.25, 0.3) is 0 Å². The van der Waals surface area contributed by atoms with Gasteiger partial charge in [-0.3, -0.25) is 0 Å². The molecule has 3 rings (SSSR count). The first-order valence-electron chi connectivity index (χ1n) is 6.50. The predicted octanol–water partition coefficient (Wildman–Crippen LogP) is 5.09. The lowest BCUT2D eigenvalue weighted by Crippen LogP contribution is -1.82. The maximum absolute atomic E-state index is 5.70. The molecule has 0 atom stereocenters. The molecule has 0 aromatic heterocycles. The van der Waals surface area contributed by atoms with Crippen LogP contribution in [0.5, 0.6) is 0 Å². The molecule has 0 radical (unpaired) electrons. The van der Waals surface area contributed by atoms with E-state index in [0.29, 0.717) is 0 Å². The highest BCUT2D eigenvalue weighted by molar-refractivity contribution is 7.99. The number of nitrogens with two attached hydrogens (primary N) is 1. The topological polar surface area (TPSA) is 26.0 Å². The Morgan fingerprint density at radius 2 is 1.05 bits per heavy atom. The molecule has 0 unspecified atom stereocenters. The zero-order valence-corrected chi connectivity index (χ0v) is 11.8. The number of benzene rings is 3. The van der Waals surface area contributed by atoms with E-state index in [1.54, 1.807) is 11.8 Å². The maximum atomic E-state index is 5.70. The van der Waals surface area contributed by atoms with Crippen molar-refractivity contribution in [3.05, 3.63) is 78.9 Å². The fourth-order valence-corrected chi connectivity index (χ4v) is 2.83. The Kier molecular flexibility index (Phi) is 3.75. The standard InChI is InChI=1S/C18H15NS/c19-16-8-12-18(13-9-16)20-17-10-6-15(7-11-17)14-4-2-1-3-5-14/h1-13H,19H2. The molecule has 0 fully saturated rings. The van der Waals surface area contributed by atoms with Crippen LogP contribution < -0.4 is 5.73 Å². The van der Waals surface area contributed by atoms with E-state index >= 15 is 0 Å². The van der Waals surface area contributed by atoms with E-state index in [0.717, 1.165) is 5.69 Å². The molecule has 0 aliphatic carbocycles. The van der Waals surface area contributed by atoms with Gasteiger partial charge in [-0.15, -0.1) is 0 Å². The Morgan fingerprint density at radius 1 is 0.550 bits per heavy atom. The minimum atomic E-state index is 0.800. The zero-order valence-electron chi connectivity index (χ0n) is 11.0. The van der Waals surface area contributed by atoms with Gasteiger partial charge in [-0.25, -0.2) is 0 Å². The number of hydrogen-bond donors (Lipinski definition) is 1. The summed E-state index contributed by atoms with van der Waals surface area (Å²) in [4.78, 5) is 2.43. The highest BCUT2D eigenvalue weighted by Gasteiger charge is 1.99. The second-order valence-electron chi connectivity index (χ2n) is 4.56. The molecule has 98 valence electrons. The van der Waals surface area contributed by atoms with Crippen molar-refractivity contribution in [2.24, 2.45) is 0 Å². The number of rotatable bonds is 3. The molecule has 3 aromatic rings. The van der Waals surface area contributed by atoms with E-state index in [1.165, 1.54) is 20.9 Å². The first kappa shape index (κ1) is 12.8. The van der Waals surface area contributed by atoms with Gasteiger partial charge in [0.2, 0.25) is 0 Å². The average Bonchev–Trinajstić information content (AvgIpc) is 2.51. The van der Waals surface area contributed by atoms with Gasteiger partial charge in [-0.1, -0.05) is 54.2 Å². The monoisotopic (exact) mass is 277 g/mol. The van der Waals surface area contributed by atoms with Crippen molar-refractivity contribution in [2.45, 2.75) is 9.79 Å². The van der Waals surface area contributed by atoms with Crippen molar-refractivity contribution in [2.75, 3.05) is 5.73 Å². The number of nitrogen functional groups attached to an aromatic ring is 1. The third-order valence-electron chi connectivity index (χ3n) is 3.08. The SMILES string of the molecule is Nc1ccc(Sc2ccc(-c3ccccc3)cc2)cc1. The first-order valence-corrected chi connectivity index (χ1v) is 7.32. The maximum Gasteiger partial charge on any atom is 0.0314 e. The second kappa shape index (κ2) is 5.85. The van der Waals surface area contributed by atoms with Gasteiger partial charge in [0, 0.05) is 15.5 Å². The lowest BCUT2D eigenvalue weighted by Gasteiger charge is -2.05. The summed E-state index contributed by atoms with van der Waals surface area (Å²) in [7, 11) is 0. The van der Waals surface area contributed by atoms with Gasteiger partial charge < -0.3 is 5.73 Å². The van der Waals surface area contributed by atoms with Gasteiger partial charge >= 0.3 is 0 Å². The van der Waals surface area contributed by atoms with Crippen molar-refractivity contribution in [3.8, 4) is 11.1 Å². The fourth-order valence-electron chi connectivity index (χ4n) is 2.02. The number of hydrogen-bond acceptors (Lipinski definition) is 2. The van der Waals surface area contributed by atoms with Crippen molar-refractivity contribution in [3.63, 3.8) is 0 Å². The Bertz CT molecular complexity index is 673. The van der Waals surface area contributed by atoms with Crippen molar-refractivity contribution in [1.82, 2.24) is 0 Å². The van der Waals surface area contributed by atoms with Crippen LogP contribution in [0.1, 0.15) is 0 Å². The average molecular weight is 277 g/mol. The number of anilines is 1. The molecule has 0 aliphatic heterocycles. The summed E-state index contributed by atoms with van der Waals surface area (Å²) in [5.74, 6) is 0. The van der Waals surface area contributed by atoms with Gasteiger partial charge in [-0.2, -0.15) is 0 Å². The van der Waals surface area contributed by atoms with Gasteiger partial charge in [0.05, 0.1) is 0 Å². The summed E-state index contributed by atoms with van der Waals surface area (Å²) in [6.07, 6.45) is 0. The summed E-state index contributed by atoms with van der Waals surface area (Å²) in [6, 6.07) is 27.0. The van der Waals surface area contributed by atoms with Crippen LogP contribution in [0.15, 0.2) is 88.7 Å². The molecule has 20 heavy (non-hydrogen) atoms. The van der Waals surface area contributed by atoms with Gasteiger partial charge in [-0.05, 0) is 47.5 Å². The molecule has 0 heterocycles. The van der Waals surface area contributed by atoms with Crippen LogP contribution in [0, 0.1) is 0 Å². The summed E-state index contributed by atoms with van der Waals surface area (Å²) >= 11 is 1.74. The Balaban J connectivity index is 1.78. The Morgan fingerprint density at radius 3 is 1.65 bits per heavy atom. The normalized spacial score (nSPS) is 10.4. The molecule has 0 aliphatic rings. The predicted molar refractivity (Wildman–Crippen MR) is 86.9 cm³/mol. The molecule has 0 saturated carbocycles. The minimum absolute atomic E-state index is 0.800. The van der Waals surface area contributed by atoms with Crippen LogP contribution in [0.3, 0.4) is 0 Å². The molecular weight excluding hydrogens is 262 g/mol. The van der Waals surface area contributed by atoms with E-state index in [9.17, 15) is 0 Å². The second-order valence-corrected chi connectivity index (χ2v) is 5.71. The molecule has 3 aromatic carbocycles. The minimum Gasteiger partial charge on any atom is -0.399 e. The summed E-state index contributed by atoms with van der Waals surface area (Å²) < 4.78 is 0. The third kappa shape index (κ3) is 3.03. The fraction of sp³-hybridized carbons (Fsp3) is 0.